The molecule has 0 amide bonds. The number of ketones is 1. The molecule has 2 aromatic rings. The summed E-state index contributed by atoms with van der Waals surface area (Å²) in [4.78, 5) is 35.7. The van der Waals surface area contributed by atoms with Crippen LogP contribution in [0.3, 0.4) is 0 Å². The largest absolute Gasteiger partial charge is 0.496 e. The average molecular weight is 482 g/mol. The molecule has 0 saturated heterocycles. The highest BCUT2D eigenvalue weighted by Crippen LogP contribution is 2.39. The van der Waals surface area contributed by atoms with Gasteiger partial charge in [0.25, 0.3) is 5.95 Å². The minimum absolute atomic E-state index is 0.0963. The molecule has 0 aliphatic carbocycles. The second-order valence-electron chi connectivity index (χ2n) is 8.76. The van der Waals surface area contributed by atoms with E-state index in [4.69, 9.17) is 9.47 Å². The summed E-state index contributed by atoms with van der Waals surface area (Å²) in [5, 5.41) is 0. The van der Waals surface area contributed by atoms with E-state index in [2.05, 4.69) is 20.0 Å². The molecule has 10 heteroatoms. The first-order valence-electron chi connectivity index (χ1n) is 11.1. The van der Waals surface area contributed by atoms with Gasteiger partial charge in [-0.05, 0) is 18.1 Å². The molecule has 35 heavy (non-hydrogen) atoms. The van der Waals surface area contributed by atoms with E-state index in [-0.39, 0.29) is 17.6 Å². The first-order valence-corrected chi connectivity index (χ1v) is 11.1. The Kier molecular flexibility index (Phi) is 9.74. The van der Waals surface area contributed by atoms with Crippen molar-refractivity contribution >= 4 is 30.2 Å². The summed E-state index contributed by atoms with van der Waals surface area (Å²) in [6, 6.07) is 3.52. The molecule has 2 rings (SSSR count). The van der Waals surface area contributed by atoms with Crippen molar-refractivity contribution in [3.8, 4) is 17.2 Å². The lowest BCUT2D eigenvalue weighted by Crippen LogP contribution is -2.08. The van der Waals surface area contributed by atoms with Gasteiger partial charge in [0.2, 0.25) is 5.82 Å². The Morgan fingerprint density at radius 3 is 2.17 bits per heavy atom. The number of aliphatic imine (C=N–C) groups is 2. The first-order chi connectivity index (χ1) is 16.5. The fraction of sp³-hybridized carbons (Fsp3) is 0.400. The Balaban J connectivity index is 2.60. The second kappa shape index (κ2) is 12.5. The molecule has 1 aromatic carbocycles. The average Bonchev–Trinajstić information content (AvgIpc) is 2.80. The van der Waals surface area contributed by atoms with Crippen LogP contribution in [0.1, 0.15) is 35.7 Å². The third kappa shape index (κ3) is 8.09. The lowest BCUT2D eigenvalue weighted by molar-refractivity contribution is 0.104. The number of allylic oxidation sites excluding steroid dienone is 1. The highest BCUT2D eigenvalue weighted by atomic mass is 16.5. The van der Waals surface area contributed by atoms with Gasteiger partial charge in [0.1, 0.15) is 11.5 Å². The maximum absolute atomic E-state index is 12.9. The zero-order valence-electron chi connectivity index (χ0n) is 22.0. The van der Waals surface area contributed by atoms with Crippen molar-refractivity contribution in [2.45, 2.75) is 19.8 Å². The van der Waals surface area contributed by atoms with E-state index in [1.807, 2.05) is 62.2 Å². The van der Waals surface area contributed by atoms with Gasteiger partial charge >= 0.3 is 0 Å². The van der Waals surface area contributed by atoms with Gasteiger partial charge in [-0.2, -0.15) is 4.98 Å². The molecule has 0 atom stereocenters. The van der Waals surface area contributed by atoms with Crippen LogP contribution in [0.2, 0.25) is 0 Å². The monoisotopic (exact) mass is 481 g/mol. The summed E-state index contributed by atoms with van der Waals surface area (Å²) in [6.07, 6.45) is 7.93. The molecule has 1 heterocycles. The number of carbonyl (C=O) groups is 1. The van der Waals surface area contributed by atoms with E-state index in [1.54, 1.807) is 46.8 Å². The molecule has 0 unspecified atom stereocenters. The Morgan fingerprint density at radius 1 is 0.943 bits per heavy atom. The lowest BCUT2D eigenvalue weighted by Gasteiger charge is -2.18. The Bertz CT molecular complexity index is 1110. The number of hydrogen-bond acceptors (Lipinski definition) is 8. The molecule has 1 aromatic heterocycles. The fourth-order valence-corrected chi connectivity index (χ4v) is 2.82. The number of hydrogen-bond donors (Lipinski definition) is 0. The van der Waals surface area contributed by atoms with Crippen LogP contribution in [0.4, 0.5) is 11.8 Å². The van der Waals surface area contributed by atoms with Crippen molar-refractivity contribution in [3.05, 3.63) is 41.7 Å². The molecular formula is C25H35N7O3. The van der Waals surface area contributed by atoms with Crippen LogP contribution >= 0.6 is 0 Å². The van der Waals surface area contributed by atoms with E-state index in [0.717, 1.165) is 5.56 Å². The number of carbonyl (C=O) groups excluding carboxylic acids is 1. The van der Waals surface area contributed by atoms with Crippen molar-refractivity contribution in [2.24, 2.45) is 9.98 Å². The number of rotatable bonds is 11. The Labute approximate surface area is 207 Å². The SMILES string of the molecule is COc1cc(C(C)C)c(Oc2cnc(N=CN(C)C)nc2N=CN(C)C)cc1C(=O)C=CN(C)C. The predicted molar refractivity (Wildman–Crippen MR) is 140 cm³/mol. The maximum atomic E-state index is 12.9. The van der Waals surface area contributed by atoms with Crippen LogP contribution in [0.25, 0.3) is 0 Å². The van der Waals surface area contributed by atoms with Crippen LogP contribution in [-0.2, 0) is 0 Å². The Morgan fingerprint density at radius 2 is 1.60 bits per heavy atom. The number of nitrogens with zero attached hydrogens (tertiary/aromatic N) is 7. The van der Waals surface area contributed by atoms with Crippen molar-refractivity contribution in [2.75, 3.05) is 49.4 Å². The highest BCUT2D eigenvalue weighted by Gasteiger charge is 2.20. The molecule has 0 saturated carbocycles. The normalized spacial score (nSPS) is 11.6. The van der Waals surface area contributed by atoms with Crippen LogP contribution in [0, 0.1) is 0 Å². The molecule has 0 bridgehead atoms. The fourth-order valence-electron chi connectivity index (χ4n) is 2.82. The molecule has 0 aliphatic heterocycles. The van der Waals surface area contributed by atoms with Crippen LogP contribution in [0.5, 0.6) is 17.2 Å². The quantitative estimate of drug-likeness (QED) is 0.205. The lowest BCUT2D eigenvalue weighted by atomic mass is 9.97. The summed E-state index contributed by atoms with van der Waals surface area (Å²) in [7, 11) is 12.7. The summed E-state index contributed by atoms with van der Waals surface area (Å²) in [5.74, 6) is 1.76. The Hall–Kier alpha value is -3.95. The predicted octanol–water partition coefficient (Wildman–Crippen LogP) is 4.10. The second-order valence-corrected chi connectivity index (χ2v) is 8.76. The number of benzene rings is 1. The van der Waals surface area contributed by atoms with E-state index in [9.17, 15) is 4.79 Å². The van der Waals surface area contributed by atoms with Gasteiger partial charge in [-0.25, -0.2) is 15.0 Å². The van der Waals surface area contributed by atoms with Gasteiger partial charge in [-0.3, -0.25) is 4.79 Å². The van der Waals surface area contributed by atoms with E-state index >= 15 is 0 Å². The molecular weight excluding hydrogens is 446 g/mol. The summed E-state index contributed by atoms with van der Waals surface area (Å²) in [5.41, 5.74) is 1.25. The first kappa shape index (κ1) is 27.3. The maximum Gasteiger partial charge on any atom is 0.253 e. The number of aromatic nitrogens is 2. The smallest absolute Gasteiger partial charge is 0.253 e. The third-order valence-corrected chi connectivity index (χ3v) is 4.50. The zero-order valence-corrected chi connectivity index (χ0v) is 22.0. The highest BCUT2D eigenvalue weighted by molar-refractivity contribution is 6.07. The van der Waals surface area contributed by atoms with Crippen molar-refractivity contribution in [3.63, 3.8) is 0 Å². The van der Waals surface area contributed by atoms with Crippen LogP contribution in [-0.4, -0.2) is 92.5 Å². The summed E-state index contributed by atoms with van der Waals surface area (Å²) in [6.45, 7) is 4.07. The van der Waals surface area contributed by atoms with E-state index in [1.165, 1.54) is 12.3 Å². The standard InChI is InChI=1S/C25H35N7O3/c1-17(2)18-12-21(34-9)19(20(33)10-11-30(3)4)13-22(18)35-23-14-26-25(28-16-32(7)8)29-24(23)27-15-31(5)6/h10-17H,1-9H3. The van der Waals surface area contributed by atoms with E-state index in [0.29, 0.717) is 28.6 Å². The van der Waals surface area contributed by atoms with Gasteiger partial charge in [-0.1, -0.05) is 13.8 Å². The summed E-state index contributed by atoms with van der Waals surface area (Å²) < 4.78 is 11.8. The molecule has 0 spiro atoms. The topological polar surface area (TPSA) is 95.7 Å². The van der Waals surface area contributed by atoms with Gasteiger partial charge in [0.05, 0.1) is 31.5 Å². The number of ether oxygens (including phenoxy) is 2. The molecule has 0 aliphatic rings. The van der Waals surface area contributed by atoms with Crippen LogP contribution in [0.15, 0.2) is 40.6 Å². The molecule has 0 fully saturated rings. The third-order valence-electron chi connectivity index (χ3n) is 4.50. The van der Waals surface area contributed by atoms with Crippen LogP contribution < -0.4 is 9.47 Å². The molecule has 0 N–H and O–H groups in total. The van der Waals surface area contributed by atoms with Gasteiger partial charge < -0.3 is 24.2 Å². The summed E-state index contributed by atoms with van der Waals surface area (Å²) >= 11 is 0. The van der Waals surface area contributed by atoms with E-state index < -0.39 is 0 Å². The minimum Gasteiger partial charge on any atom is -0.496 e. The molecule has 188 valence electrons. The van der Waals surface area contributed by atoms with Gasteiger partial charge in [0.15, 0.2) is 11.5 Å². The van der Waals surface area contributed by atoms with Crippen molar-refractivity contribution < 1.29 is 14.3 Å². The van der Waals surface area contributed by atoms with Crippen molar-refractivity contribution in [1.29, 1.82) is 0 Å². The van der Waals surface area contributed by atoms with Gasteiger partial charge in [0, 0.05) is 60.1 Å². The zero-order chi connectivity index (χ0) is 26.1. The minimum atomic E-state index is -0.203. The molecule has 10 nitrogen and oxygen atoms in total. The molecule has 0 radical (unpaired) electrons. The van der Waals surface area contributed by atoms with Gasteiger partial charge in [-0.15, -0.1) is 0 Å². The van der Waals surface area contributed by atoms with Crippen molar-refractivity contribution in [1.82, 2.24) is 24.7 Å². The number of methoxy groups -OCH3 is 1.